The fourth-order valence-electron chi connectivity index (χ4n) is 0.869. The van der Waals surface area contributed by atoms with E-state index in [1.807, 2.05) is 13.8 Å². The predicted molar refractivity (Wildman–Crippen MR) is 44.5 cm³/mol. The van der Waals surface area contributed by atoms with Crippen molar-refractivity contribution in [3.05, 3.63) is 17.5 Å². The van der Waals surface area contributed by atoms with E-state index in [4.69, 9.17) is 15.7 Å². The minimum atomic E-state index is 0.589. The van der Waals surface area contributed by atoms with Gasteiger partial charge in [-0.1, -0.05) is 5.46 Å². The van der Waals surface area contributed by atoms with E-state index in [2.05, 4.69) is 4.98 Å². The van der Waals surface area contributed by atoms with Gasteiger partial charge in [0, 0.05) is 11.4 Å². The topological polar surface area (TPSA) is 12.9 Å². The highest BCUT2D eigenvalue weighted by Crippen LogP contribution is 1.88. The first-order chi connectivity index (χ1) is 4.61. The monoisotopic (exact) mass is 127 g/mol. The number of aryl methyl sites for hydroxylation is 2. The summed E-state index contributed by atoms with van der Waals surface area (Å²) < 4.78 is 0. The van der Waals surface area contributed by atoms with Crippen molar-refractivity contribution >= 4 is 26.6 Å². The quantitative estimate of drug-likeness (QED) is 0.419. The Morgan fingerprint density at radius 2 is 1.90 bits per heavy atom. The van der Waals surface area contributed by atoms with E-state index in [9.17, 15) is 0 Å². The largest absolute Gasteiger partial charge is 0.259 e. The van der Waals surface area contributed by atoms with Gasteiger partial charge in [0.05, 0.1) is 0 Å². The van der Waals surface area contributed by atoms with Gasteiger partial charge in [0.2, 0.25) is 0 Å². The molecule has 1 heterocycles. The number of hydrogen-bond donors (Lipinski definition) is 0. The van der Waals surface area contributed by atoms with Crippen LogP contribution in [0.15, 0.2) is 6.07 Å². The first-order valence-corrected chi connectivity index (χ1v) is 3.10. The van der Waals surface area contributed by atoms with Gasteiger partial charge in [-0.15, -0.1) is 5.46 Å². The molecule has 0 amide bonds. The Labute approximate surface area is 63.7 Å². The lowest BCUT2D eigenvalue weighted by molar-refractivity contribution is 1.15. The van der Waals surface area contributed by atoms with Crippen molar-refractivity contribution in [2.45, 2.75) is 13.8 Å². The number of rotatable bonds is 0. The van der Waals surface area contributed by atoms with Crippen LogP contribution in [0.4, 0.5) is 0 Å². The highest BCUT2D eigenvalue weighted by atomic mass is 14.7. The van der Waals surface area contributed by atoms with Gasteiger partial charge in [-0.2, -0.15) is 0 Å². The molecule has 1 rings (SSSR count). The summed E-state index contributed by atoms with van der Waals surface area (Å²) in [5.41, 5.74) is 2.91. The SMILES string of the molecule is [B]c1cc(C)nc(C)c1[B]. The highest BCUT2D eigenvalue weighted by Gasteiger charge is 1.96. The molecule has 0 unspecified atom stereocenters. The maximum absolute atomic E-state index is 5.56. The van der Waals surface area contributed by atoms with Gasteiger partial charge >= 0.3 is 0 Å². The van der Waals surface area contributed by atoms with Crippen LogP contribution in [0.5, 0.6) is 0 Å². The summed E-state index contributed by atoms with van der Waals surface area (Å²) in [6, 6.07) is 1.77. The van der Waals surface area contributed by atoms with Gasteiger partial charge in [0.1, 0.15) is 15.7 Å². The lowest BCUT2D eigenvalue weighted by atomic mass is 9.80. The third-order valence-electron chi connectivity index (χ3n) is 1.41. The molecule has 3 heteroatoms. The van der Waals surface area contributed by atoms with Crippen molar-refractivity contribution in [2.24, 2.45) is 0 Å². The minimum absolute atomic E-state index is 0.589. The zero-order valence-corrected chi connectivity index (χ0v) is 6.18. The van der Waals surface area contributed by atoms with Crippen molar-refractivity contribution in [3.8, 4) is 0 Å². The molecule has 0 saturated carbocycles. The minimum Gasteiger partial charge on any atom is -0.259 e. The predicted octanol–water partition coefficient (Wildman–Crippen LogP) is -0.714. The number of pyridine rings is 1. The molecule has 0 N–H and O–H groups in total. The molecule has 0 spiro atoms. The molecule has 0 saturated heterocycles. The molecule has 1 aromatic rings. The lowest BCUT2D eigenvalue weighted by Gasteiger charge is -2.04. The summed E-state index contributed by atoms with van der Waals surface area (Å²) in [6.45, 7) is 3.74. The molecule has 0 fully saturated rings. The van der Waals surface area contributed by atoms with Crippen LogP contribution in [0.3, 0.4) is 0 Å². The Bertz CT molecular complexity index is 235. The third kappa shape index (κ3) is 1.23. The summed E-state index contributed by atoms with van der Waals surface area (Å²) in [7, 11) is 11.1. The molecule has 0 aliphatic carbocycles. The van der Waals surface area contributed by atoms with Crippen LogP contribution >= 0.6 is 0 Å². The second-order valence-corrected chi connectivity index (χ2v) is 2.35. The molecular formula is C7H7B2N. The van der Waals surface area contributed by atoms with E-state index in [0.29, 0.717) is 10.9 Å². The summed E-state index contributed by atoms with van der Waals surface area (Å²) >= 11 is 0. The Hall–Kier alpha value is -0.720. The molecular weight excluding hydrogens is 120 g/mol. The van der Waals surface area contributed by atoms with Crippen molar-refractivity contribution in [1.29, 1.82) is 0 Å². The number of aromatic nitrogens is 1. The second kappa shape index (κ2) is 2.49. The standard InChI is InChI=1S/C7H7B2N/c1-4-3-6(8)7(9)5(2)10-4/h3H,1-2H3. The average Bonchev–Trinajstić information content (AvgIpc) is 1.82. The molecule has 0 atom stereocenters. The van der Waals surface area contributed by atoms with Crippen LogP contribution in [0.1, 0.15) is 11.4 Å². The van der Waals surface area contributed by atoms with E-state index < -0.39 is 0 Å². The highest BCUT2D eigenvalue weighted by molar-refractivity contribution is 6.48. The van der Waals surface area contributed by atoms with Crippen LogP contribution in [0.25, 0.3) is 0 Å². The third-order valence-corrected chi connectivity index (χ3v) is 1.41. The summed E-state index contributed by atoms with van der Waals surface area (Å²) in [5, 5.41) is 0. The molecule has 0 bridgehead atoms. The molecule has 10 heavy (non-hydrogen) atoms. The molecule has 0 aliphatic rings. The zero-order chi connectivity index (χ0) is 7.72. The Morgan fingerprint density at radius 1 is 1.30 bits per heavy atom. The Morgan fingerprint density at radius 3 is 2.40 bits per heavy atom. The van der Waals surface area contributed by atoms with Crippen molar-refractivity contribution in [2.75, 3.05) is 0 Å². The summed E-state index contributed by atoms with van der Waals surface area (Å²) in [5.74, 6) is 0. The summed E-state index contributed by atoms with van der Waals surface area (Å²) in [4.78, 5) is 4.13. The van der Waals surface area contributed by atoms with Crippen LogP contribution in [-0.2, 0) is 0 Å². The van der Waals surface area contributed by atoms with Crippen molar-refractivity contribution in [1.82, 2.24) is 4.98 Å². The van der Waals surface area contributed by atoms with Crippen LogP contribution in [0, 0.1) is 13.8 Å². The van der Waals surface area contributed by atoms with Gasteiger partial charge < -0.3 is 0 Å². The zero-order valence-electron chi connectivity index (χ0n) is 6.18. The fraction of sp³-hybridized carbons (Fsp3) is 0.286. The Kier molecular flexibility index (Phi) is 1.84. The second-order valence-electron chi connectivity index (χ2n) is 2.35. The molecule has 0 aliphatic heterocycles. The van der Waals surface area contributed by atoms with E-state index in [1.54, 1.807) is 6.07 Å². The fourth-order valence-corrected chi connectivity index (χ4v) is 0.869. The maximum Gasteiger partial charge on any atom is 0.115 e. The van der Waals surface area contributed by atoms with E-state index in [-0.39, 0.29) is 0 Å². The van der Waals surface area contributed by atoms with Gasteiger partial charge in [0.25, 0.3) is 0 Å². The van der Waals surface area contributed by atoms with E-state index in [1.165, 1.54) is 0 Å². The van der Waals surface area contributed by atoms with Gasteiger partial charge in [-0.25, -0.2) is 0 Å². The van der Waals surface area contributed by atoms with Gasteiger partial charge in [-0.3, -0.25) is 4.98 Å². The van der Waals surface area contributed by atoms with Crippen LogP contribution in [-0.4, -0.2) is 20.7 Å². The summed E-state index contributed by atoms with van der Waals surface area (Å²) in [6.07, 6.45) is 0. The first-order valence-electron chi connectivity index (χ1n) is 3.10. The molecule has 1 aromatic heterocycles. The van der Waals surface area contributed by atoms with Crippen molar-refractivity contribution < 1.29 is 0 Å². The van der Waals surface area contributed by atoms with E-state index >= 15 is 0 Å². The average molecular weight is 127 g/mol. The smallest absolute Gasteiger partial charge is 0.115 e. The van der Waals surface area contributed by atoms with E-state index in [0.717, 1.165) is 11.4 Å². The van der Waals surface area contributed by atoms with Crippen LogP contribution in [0.2, 0.25) is 0 Å². The van der Waals surface area contributed by atoms with Gasteiger partial charge in [0.15, 0.2) is 0 Å². The molecule has 1 nitrogen and oxygen atoms in total. The molecule has 4 radical (unpaired) electrons. The number of hydrogen-bond acceptors (Lipinski definition) is 1. The molecule has 0 aromatic carbocycles. The number of nitrogens with zero attached hydrogens (tertiary/aromatic N) is 1. The maximum atomic E-state index is 5.56. The Balaban J connectivity index is 3.31. The van der Waals surface area contributed by atoms with Gasteiger partial charge in [-0.05, 0) is 19.9 Å². The van der Waals surface area contributed by atoms with Crippen LogP contribution < -0.4 is 10.9 Å². The molecule has 46 valence electrons. The lowest BCUT2D eigenvalue weighted by Crippen LogP contribution is -2.29. The van der Waals surface area contributed by atoms with Crippen molar-refractivity contribution in [3.63, 3.8) is 0 Å². The normalized spacial score (nSPS) is 9.80. The first kappa shape index (κ1) is 7.39.